The molecule has 0 amide bonds. The zero-order valence-corrected chi connectivity index (χ0v) is 15.6. The van der Waals surface area contributed by atoms with E-state index in [-0.39, 0.29) is 24.0 Å². The molecule has 4 N–H and O–H groups in total. The van der Waals surface area contributed by atoms with Gasteiger partial charge in [-0.3, -0.25) is 9.69 Å². The van der Waals surface area contributed by atoms with Crippen molar-refractivity contribution in [1.82, 2.24) is 4.90 Å². The van der Waals surface area contributed by atoms with Crippen molar-refractivity contribution in [2.24, 2.45) is 17.1 Å². The number of fused-ring (bicyclic) bond motifs is 2. The number of para-hydroxylation sites is 1. The second-order valence-electron chi connectivity index (χ2n) is 9.96. The van der Waals surface area contributed by atoms with Crippen molar-refractivity contribution < 1.29 is 19.4 Å². The molecule has 5 heterocycles. The zero-order valence-electron chi connectivity index (χ0n) is 15.6. The summed E-state index contributed by atoms with van der Waals surface area (Å²) in [6.45, 7) is 0.767. The van der Waals surface area contributed by atoms with Crippen LogP contribution in [0.4, 0.5) is 5.69 Å². The van der Waals surface area contributed by atoms with Crippen LogP contribution in [-0.4, -0.2) is 65.0 Å². The zero-order chi connectivity index (χ0) is 18.8. The van der Waals surface area contributed by atoms with Crippen LogP contribution in [0.5, 0.6) is 5.75 Å². The van der Waals surface area contributed by atoms with Gasteiger partial charge in [-0.15, -0.1) is 0 Å². The van der Waals surface area contributed by atoms with E-state index in [9.17, 15) is 9.90 Å². The highest BCUT2D eigenvalue weighted by Gasteiger charge is 2.98. The molecular weight excluding hydrogens is 358 g/mol. The predicted molar refractivity (Wildman–Crippen MR) is 97.9 cm³/mol. The van der Waals surface area contributed by atoms with E-state index in [1.807, 2.05) is 12.1 Å². The number of ether oxygens (including phenoxy) is 2. The summed E-state index contributed by atoms with van der Waals surface area (Å²) in [5.74, 6) is 0.651. The highest BCUT2D eigenvalue weighted by molar-refractivity contribution is 6.05. The van der Waals surface area contributed by atoms with Crippen LogP contribution in [0.1, 0.15) is 24.8 Å². The summed E-state index contributed by atoms with van der Waals surface area (Å²) in [7, 11) is 1.68. The molecule has 1 aromatic rings. The minimum Gasteiger partial charge on any atom is -0.495 e. The summed E-state index contributed by atoms with van der Waals surface area (Å²) in [6, 6.07) is 6.20. The molecule has 1 aromatic carbocycles. The summed E-state index contributed by atoms with van der Waals surface area (Å²) in [5.41, 5.74) is 6.62. The van der Waals surface area contributed by atoms with Crippen LogP contribution >= 0.6 is 0 Å². The van der Waals surface area contributed by atoms with Gasteiger partial charge in [0.05, 0.1) is 41.9 Å². The average molecular weight is 381 g/mol. The Balaban J connectivity index is 1.56. The molecule has 9 aliphatic rings. The second kappa shape index (κ2) is 3.86. The maximum Gasteiger partial charge on any atom is 0.165 e. The van der Waals surface area contributed by atoms with Crippen molar-refractivity contribution in [2.45, 2.75) is 60.2 Å². The SMILES string of the molecule is COc1cccc2c1N[C@]13CC[C@@]45[C@H]6O[C@@H]7[C@@H](C(=O)[C@]61N)[C@]23[C@H]4N7CC[C@@H]5O. The number of aliphatic hydroxyl groups excluding tert-OH is 1. The molecule has 10 rings (SSSR count). The molecule has 3 spiro atoms. The first-order valence-electron chi connectivity index (χ1n) is 10.4. The summed E-state index contributed by atoms with van der Waals surface area (Å²) in [5, 5.41) is 15.1. The number of rotatable bonds is 1. The smallest absolute Gasteiger partial charge is 0.165 e. The number of nitrogens with one attached hydrogen (secondary N) is 1. The molecule has 28 heavy (non-hydrogen) atoms. The Bertz CT molecular complexity index is 1020. The lowest BCUT2D eigenvalue weighted by Gasteiger charge is -2.74. The lowest BCUT2D eigenvalue weighted by molar-refractivity contribution is -0.318. The first kappa shape index (κ1) is 15.2. The van der Waals surface area contributed by atoms with E-state index in [0.717, 1.165) is 42.8 Å². The number of nitrogens with zero attached hydrogens (tertiary/aromatic N) is 1. The normalized spacial score (nSPS) is 60.2. The van der Waals surface area contributed by atoms with Crippen molar-refractivity contribution in [3.8, 4) is 5.75 Å². The van der Waals surface area contributed by atoms with E-state index in [0.29, 0.717) is 0 Å². The fourth-order valence-electron chi connectivity index (χ4n) is 9.43. The molecule has 5 aliphatic heterocycles. The fraction of sp³-hybridized carbons (Fsp3) is 0.667. The van der Waals surface area contributed by atoms with Gasteiger partial charge in [0.1, 0.15) is 17.5 Å². The lowest BCUT2D eigenvalue weighted by atomic mass is 9.38. The Labute approximate surface area is 162 Å². The Morgan fingerprint density at radius 3 is 3.07 bits per heavy atom. The number of carbonyl (C=O) groups excluding carboxylic acids is 1. The maximum atomic E-state index is 13.9. The molecule has 9 bridgehead atoms. The first-order valence-corrected chi connectivity index (χ1v) is 10.4. The third-order valence-electron chi connectivity index (χ3n) is 9.90. The molecule has 10 atom stereocenters. The third-order valence-corrected chi connectivity index (χ3v) is 9.90. The average Bonchev–Trinajstić information content (AvgIpc) is 3.18. The molecule has 1 unspecified atom stereocenters. The number of Topliss-reactive ketones (excluding diaryl/α,β-unsaturated/α-hetero) is 1. The number of nitrogens with two attached hydrogens (primary N) is 1. The van der Waals surface area contributed by atoms with Gasteiger partial charge in [-0.2, -0.15) is 0 Å². The number of hydrogen-bond acceptors (Lipinski definition) is 7. The highest BCUT2D eigenvalue weighted by atomic mass is 16.5. The summed E-state index contributed by atoms with van der Waals surface area (Å²) >= 11 is 0. The number of methoxy groups -OCH3 is 1. The van der Waals surface area contributed by atoms with Gasteiger partial charge in [0.2, 0.25) is 0 Å². The highest BCUT2D eigenvalue weighted by Crippen LogP contribution is 2.84. The molecule has 8 fully saturated rings. The van der Waals surface area contributed by atoms with Crippen LogP contribution in [0, 0.1) is 11.3 Å². The monoisotopic (exact) mass is 381 g/mol. The van der Waals surface area contributed by atoms with Gasteiger partial charge >= 0.3 is 0 Å². The number of benzene rings is 1. The van der Waals surface area contributed by atoms with Crippen molar-refractivity contribution in [3.05, 3.63) is 23.8 Å². The largest absolute Gasteiger partial charge is 0.495 e. The van der Waals surface area contributed by atoms with Crippen LogP contribution in [0.15, 0.2) is 18.2 Å². The lowest BCUT2D eigenvalue weighted by Crippen LogP contribution is -2.92. The Morgan fingerprint density at radius 1 is 1.39 bits per heavy atom. The van der Waals surface area contributed by atoms with Crippen LogP contribution in [0.2, 0.25) is 0 Å². The summed E-state index contributed by atoms with van der Waals surface area (Å²) < 4.78 is 12.3. The standard InChI is InChI=1S/C21H23N3O4/c1-27-10-4-2-3-9-13(10)23-19-7-6-18-11(25)5-8-24-15-12(20(9,19)16(18)24)14(26)21(19,22)17(18)28-15/h2-4,11-12,15-17,23,25H,5-8,22H2,1H3/t11-,12+,15+,16-,17+,18-,19-,20-,21-/m0/s1. The number of carbonyl (C=O) groups is 1. The van der Waals surface area contributed by atoms with Gasteiger partial charge in [0.15, 0.2) is 5.78 Å². The van der Waals surface area contributed by atoms with Crippen molar-refractivity contribution >= 4 is 11.5 Å². The van der Waals surface area contributed by atoms with E-state index >= 15 is 0 Å². The third kappa shape index (κ3) is 0.962. The van der Waals surface area contributed by atoms with E-state index in [1.54, 1.807) is 7.11 Å². The second-order valence-corrected chi connectivity index (χ2v) is 9.96. The van der Waals surface area contributed by atoms with E-state index in [4.69, 9.17) is 15.2 Å². The maximum absolute atomic E-state index is 13.9. The number of aliphatic hydroxyl groups is 1. The molecule has 0 aromatic heterocycles. The Kier molecular flexibility index (Phi) is 2.10. The number of hydrogen-bond donors (Lipinski definition) is 3. The molecule has 4 aliphatic carbocycles. The molecule has 0 radical (unpaired) electrons. The van der Waals surface area contributed by atoms with Crippen LogP contribution in [-0.2, 0) is 14.9 Å². The fourth-order valence-corrected chi connectivity index (χ4v) is 9.43. The Hall–Kier alpha value is -1.67. The van der Waals surface area contributed by atoms with Crippen LogP contribution in [0.3, 0.4) is 0 Å². The Morgan fingerprint density at radius 2 is 2.25 bits per heavy atom. The topological polar surface area (TPSA) is 97.0 Å². The molecule has 7 nitrogen and oxygen atoms in total. The first-order chi connectivity index (χ1) is 13.5. The molecule has 4 saturated heterocycles. The molecule has 146 valence electrons. The molecule has 4 saturated carbocycles. The molecular formula is C21H23N3O4. The number of anilines is 1. The number of piperidine rings is 1. The van der Waals surface area contributed by atoms with Gasteiger partial charge in [-0.1, -0.05) is 12.1 Å². The van der Waals surface area contributed by atoms with Gasteiger partial charge in [0, 0.05) is 18.0 Å². The molecule has 7 heteroatoms. The van der Waals surface area contributed by atoms with E-state index in [1.165, 1.54) is 0 Å². The van der Waals surface area contributed by atoms with Crippen molar-refractivity contribution in [1.29, 1.82) is 0 Å². The number of ketones is 1. The van der Waals surface area contributed by atoms with Gasteiger partial charge in [-0.05, 0) is 30.9 Å². The quantitative estimate of drug-likeness (QED) is 0.628. The minimum absolute atomic E-state index is 0.0789. The summed E-state index contributed by atoms with van der Waals surface area (Å²) in [4.78, 5) is 16.3. The van der Waals surface area contributed by atoms with Crippen molar-refractivity contribution in [2.75, 3.05) is 19.0 Å². The summed E-state index contributed by atoms with van der Waals surface area (Å²) in [6.07, 6.45) is 1.19. The van der Waals surface area contributed by atoms with Crippen molar-refractivity contribution in [3.63, 3.8) is 0 Å². The predicted octanol–water partition coefficient (Wildman–Crippen LogP) is -0.0388. The van der Waals surface area contributed by atoms with Gasteiger partial charge < -0.3 is 25.6 Å². The van der Waals surface area contributed by atoms with Gasteiger partial charge in [0.25, 0.3) is 0 Å². The van der Waals surface area contributed by atoms with Gasteiger partial charge in [-0.25, -0.2) is 0 Å². The van der Waals surface area contributed by atoms with E-state index < -0.39 is 34.1 Å². The van der Waals surface area contributed by atoms with Crippen LogP contribution < -0.4 is 15.8 Å². The van der Waals surface area contributed by atoms with Crippen LogP contribution in [0.25, 0.3) is 0 Å². The minimum atomic E-state index is -1.11. The van der Waals surface area contributed by atoms with E-state index in [2.05, 4.69) is 16.3 Å².